The quantitative estimate of drug-likeness (QED) is 0.809. The maximum Gasteiger partial charge on any atom is 0.222 e. The van der Waals surface area contributed by atoms with Crippen molar-refractivity contribution in [3.8, 4) is 0 Å². The van der Waals surface area contributed by atoms with E-state index in [1.807, 2.05) is 7.05 Å². The number of hydrogen-bond donors (Lipinski definition) is 1. The van der Waals surface area contributed by atoms with E-state index in [0.717, 1.165) is 13.0 Å². The predicted molar refractivity (Wildman–Crippen MR) is 83.7 cm³/mol. The van der Waals surface area contributed by atoms with Crippen molar-refractivity contribution < 1.29 is 4.79 Å². The second-order valence-corrected chi connectivity index (χ2v) is 6.82. The summed E-state index contributed by atoms with van der Waals surface area (Å²) in [4.78, 5) is 14.4. The van der Waals surface area contributed by atoms with Crippen LogP contribution in [-0.4, -0.2) is 36.5 Å². The van der Waals surface area contributed by atoms with Crippen molar-refractivity contribution in [3.63, 3.8) is 0 Å². The van der Waals surface area contributed by atoms with Crippen LogP contribution >= 0.6 is 0 Å². The molecule has 2 rings (SSSR count). The lowest BCUT2D eigenvalue weighted by atomic mass is 9.90. The van der Waals surface area contributed by atoms with Crippen LogP contribution in [0, 0.1) is 5.92 Å². The zero-order valence-electron chi connectivity index (χ0n) is 13.4. The highest BCUT2D eigenvalue weighted by Crippen LogP contribution is 2.29. The number of carbonyl (C=O) groups excluding carboxylic acids is 1. The first-order valence-electron chi connectivity index (χ1n) is 8.69. The summed E-state index contributed by atoms with van der Waals surface area (Å²) in [5.74, 6) is 1.06. The molecule has 2 saturated carbocycles. The fourth-order valence-corrected chi connectivity index (χ4v) is 3.82. The lowest BCUT2D eigenvalue weighted by Gasteiger charge is -2.35. The Morgan fingerprint density at radius 2 is 1.75 bits per heavy atom. The van der Waals surface area contributed by atoms with E-state index in [9.17, 15) is 4.79 Å². The minimum Gasteiger partial charge on any atom is -0.343 e. The molecular weight excluding hydrogens is 248 g/mol. The normalized spacial score (nSPS) is 27.7. The molecule has 0 atom stereocenters. The molecule has 0 aromatic carbocycles. The van der Waals surface area contributed by atoms with Gasteiger partial charge in [0.05, 0.1) is 0 Å². The lowest BCUT2D eigenvalue weighted by Crippen LogP contribution is -2.43. The number of carbonyl (C=O) groups is 1. The molecular formula is C17H32N2O. The first-order valence-corrected chi connectivity index (χ1v) is 8.69. The summed E-state index contributed by atoms with van der Waals surface area (Å²) >= 11 is 0. The number of rotatable bonds is 6. The summed E-state index contributed by atoms with van der Waals surface area (Å²) in [6, 6.07) is 1.17. The monoisotopic (exact) mass is 280 g/mol. The Bertz CT molecular complexity index is 291. The third-order valence-corrected chi connectivity index (χ3v) is 5.26. The van der Waals surface area contributed by atoms with E-state index in [4.69, 9.17) is 0 Å². The van der Waals surface area contributed by atoms with Gasteiger partial charge < -0.3 is 10.2 Å². The third kappa shape index (κ3) is 4.47. The number of amides is 1. The van der Waals surface area contributed by atoms with E-state index >= 15 is 0 Å². The second-order valence-electron chi connectivity index (χ2n) is 6.82. The van der Waals surface area contributed by atoms with Gasteiger partial charge in [0.15, 0.2) is 0 Å². The third-order valence-electron chi connectivity index (χ3n) is 5.26. The van der Waals surface area contributed by atoms with Gasteiger partial charge in [-0.25, -0.2) is 0 Å². The van der Waals surface area contributed by atoms with Crippen LogP contribution in [0.4, 0.5) is 0 Å². The van der Waals surface area contributed by atoms with Crippen LogP contribution in [-0.2, 0) is 4.79 Å². The molecule has 2 aliphatic rings. The smallest absolute Gasteiger partial charge is 0.222 e. The van der Waals surface area contributed by atoms with Crippen LogP contribution in [0.1, 0.15) is 71.1 Å². The highest BCUT2D eigenvalue weighted by molar-refractivity contribution is 5.76. The zero-order chi connectivity index (χ0) is 14.4. The Morgan fingerprint density at radius 3 is 2.35 bits per heavy atom. The first kappa shape index (κ1) is 15.8. The van der Waals surface area contributed by atoms with Crippen molar-refractivity contribution in [3.05, 3.63) is 0 Å². The highest BCUT2D eigenvalue weighted by atomic mass is 16.2. The van der Waals surface area contributed by atoms with Gasteiger partial charge in [-0.2, -0.15) is 0 Å². The topological polar surface area (TPSA) is 32.3 Å². The van der Waals surface area contributed by atoms with Crippen molar-refractivity contribution in [2.24, 2.45) is 5.92 Å². The molecule has 0 aromatic rings. The molecule has 0 unspecified atom stereocenters. The predicted octanol–water partition coefficient (Wildman–Crippen LogP) is 3.34. The Balaban J connectivity index is 1.70. The van der Waals surface area contributed by atoms with Crippen molar-refractivity contribution in [2.45, 2.75) is 83.2 Å². The fourth-order valence-electron chi connectivity index (χ4n) is 3.82. The standard InChI is InChI=1S/C17H32N2O/c1-3-12-18-15-8-10-16(11-9-15)19(2)17(20)13-14-6-4-5-7-14/h14-16,18H,3-13H2,1-2H3. The molecule has 20 heavy (non-hydrogen) atoms. The van der Waals surface area contributed by atoms with Crippen LogP contribution in [0.2, 0.25) is 0 Å². The molecule has 3 nitrogen and oxygen atoms in total. The van der Waals surface area contributed by atoms with Crippen LogP contribution in [0.15, 0.2) is 0 Å². The molecule has 0 saturated heterocycles. The summed E-state index contributed by atoms with van der Waals surface area (Å²) in [5.41, 5.74) is 0. The van der Waals surface area contributed by atoms with E-state index < -0.39 is 0 Å². The Morgan fingerprint density at radius 1 is 1.10 bits per heavy atom. The van der Waals surface area contributed by atoms with Crippen LogP contribution in [0.3, 0.4) is 0 Å². The molecule has 1 amide bonds. The Kier molecular flexibility index (Phi) is 6.34. The summed E-state index contributed by atoms with van der Waals surface area (Å²) in [7, 11) is 2.03. The largest absolute Gasteiger partial charge is 0.343 e. The van der Waals surface area contributed by atoms with Gasteiger partial charge in [0, 0.05) is 25.6 Å². The average molecular weight is 280 g/mol. The van der Waals surface area contributed by atoms with Gasteiger partial charge in [-0.05, 0) is 57.4 Å². The van der Waals surface area contributed by atoms with E-state index in [0.29, 0.717) is 23.9 Å². The van der Waals surface area contributed by atoms with Crippen LogP contribution < -0.4 is 5.32 Å². The van der Waals surface area contributed by atoms with Crippen molar-refractivity contribution in [1.82, 2.24) is 10.2 Å². The van der Waals surface area contributed by atoms with Gasteiger partial charge >= 0.3 is 0 Å². The van der Waals surface area contributed by atoms with E-state index in [-0.39, 0.29) is 0 Å². The average Bonchev–Trinajstić information content (AvgIpc) is 2.97. The zero-order valence-corrected chi connectivity index (χ0v) is 13.4. The van der Waals surface area contributed by atoms with E-state index in [1.54, 1.807) is 0 Å². The highest BCUT2D eigenvalue weighted by Gasteiger charge is 2.28. The van der Waals surface area contributed by atoms with Crippen molar-refractivity contribution in [1.29, 1.82) is 0 Å². The van der Waals surface area contributed by atoms with E-state index in [1.165, 1.54) is 57.8 Å². The number of nitrogens with zero attached hydrogens (tertiary/aromatic N) is 1. The van der Waals surface area contributed by atoms with Gasteiger partial charge in [-0.15, -0.1) is 0 Å². The van der Waals surface area contributed by atoms with Gasteiger partial charge in [0.25, 0.3) is 0 Å². The summed E-state index contributed by atoms with van der Waals surface area (Å²) < 4.78 is 0. The van der Waals surface area contributed by atoms with Gasteiger partial charge in [0.1, 0.15) is 0 Å². The van der Waals surface area contributed by atoms with Crippen molar-refractivity contribution in [2.75, 3.05) is 13.6 Å². The molecule has 0 aromatic heterocycles. The lowest BCUT2D eigenvalue weighted by molar-refractivity contribution is -0.133. The molecule has 3 heteroatoms. The van der Waals surface area contributed by atoms with E-state index in [2.05, 4.69) is 17.1 Å². The number of hydrogen-bond acceptors (Lipinski definition) is 2. The Hall–Kier alpha value is -0.570. The molecule has 0 radical (unpaired) electrons. The molecule has 0 heterocycles. The maximum absolute atomic E-state index is 12.4. The molecule has 116 valence electrons. The van der Waals surface area contributed by atoms with Gasteiger partial charge in [-0.1, -0.05) is 19.8 Å². The molecule has 2 fully saturated rings. The molecule has 0 aliphatic heterocycles. The minimum atomic E-state index is 0.391. The second kappa shape index (κ2) is 8.02. The van der Waals surface area contributed by atoms with Gasteiger partial charge in [0.2, 0.25) is 5.91 Å². The maximum atomic E-state index is 12.4. The molecule has 1 N–H and O–H groups in total. The summed E-state index contributed by atoms with van der Waals surface area (Å²) in [6.07, 6.45) is 12.0. The van der Waals surface area contributed by atoms with Crippen LogP contribution in [0.25, 0.3) is 0 Å². The Labute approximate surface area is 124 Å². The van der Waals surface area contributed by atoms with Crippen molar-refractivity contribution >= 4 is 5.91 Å². The van der Waals surface area contributed by atoms with Gasteiger partial charge in [-0.3, -0.25) is 4.79 Å². The fraction of sp³-hybridized carbons (Fsp3) is 0.941. The molecule has 0 spiro atoms. The summed E-state index contributed by atoms with van der Waals surface area (Å²) in [6.45, 7) is 3.35. The van der Waals surface area contributed by atoms with Crippen LogP contribution in [0.5, 0.6) is 0 Å². The minimum absolute atomic E-state index is 0.391. The first-order chi connectivity index (χ1) is 9.70. The molecule has 0 bridgehead atoms. The SMILES string of the molecule is CCCNC1CCC(N(C)C(=O)CC2CCCC2)CC1. The number of nitrogens with one attached hydrogen (secondary N) is 1. The summed E-state index contributed by atoms with van der Waals surface area (Å²) in [5, 5.41) is 3.62. The molecule has 2 aliphatic carbocycles.